The van der Waals surface area contributed by atoms with Gasteiger partial charge in [-0.05, 0) is 65.5 Å². The van der Waals surface area contributed by atoms with Crippen molar-refractivity contribution in [2.24, 2.45) is 22.7 Å². The Hall–Kier alpha value is -3.54. The Balaban J connectivity index is 1.52. The minimum absolute atomic E-state index is 0.0228. The molecular weight excluding hydrogens is 741 g/mol. The fraction of sp³-hybridized carbons (Fsp3) is 0.611. The molecule has 4 atom stereocenters. The number of likely N-dealkylation sites (tertiary alicyclic amines) is 1. The van der Waals surface area contributed by atoms with E-state index in [4.69, 9.17) is 0 Å². The van der Waals surface area contributed by atoms with Crippen LogP contribution < -0.4 is 20.7 Å². The average molecular weight is 795 g/mol. The van der Waals surface area contributed by atoms with E-state index in [1.807, 2.05) is 34.6 Å². The molecule has 294 valence electrons. The highest BCUT2D eigenvalue weighted by molar-refractivity contribution is 7.91. The largest absolute Gasteiger partial charge is 0.340 e. The third-order valence-corrected chi connectivity index (χ3v) is 14.6. The Labute approximate surface area is 317 Å². The monoisotopic (exact) mass is 794 g/mol. The number of likely N-dealkylation sites (N-methyl/N-ethyl adjacent to an activating group) is 1. The van der Waals surface area contributed by atoms with E-state index in [0.29, 0.717) is 6.42 Å². The number of carbonyl (C=O) groups is 4. The number of thiophene rings is 1. The van der Waals surface area contributed by atoms with Gasteiger partial charge in [0, 0.05) is 26.2 Å². The number of hydrogen-bond donors (Lipinski definition) is 4. The number of carbonyl (C=O) groups excluding carboxylic acids is 4. The van der Waals surface area contributed by atoms with Gasteiger partial charge in [-0.25, -0.2) is 26.4 Å². The zero-order valence-corrected chi connectivity index (χ0v) is 34.4. The van der Waals surface area contributed by atoms with Crippen LogP contribution in [0.2, 0.25) is 0 Å². The third kappa shape index (κ3) is 9.77. The lowest BCUT2D eigenvalue weighted by Crippen LogP contribution is -2.62. The first-order valence-electron chi connectivity index (χ1n) is 17.7. The molecule has 53 heavy (non-hydrogen) atoms. The summed E-state index contributed by atoms with van der Waals surface area (Å²) in [6.07, 6.45) is 0.962. The Morgan fingerprint density at radius 1 is 0.925 bits per heavy atom. The Bertz CT molecular complexity index is 1870. The van der Waals surface area contributed by atoms with E-state index in [0.717, 1.165) is 11.3 Å². The van der Waals surface area contributed by atoms with Gasteiger partial charge in [0.25, 0.3) is 26.0 Å². The predicted molar refractivity (Wildman–Crippen MR) is 203 cm³/mol. The molecule has 1 saturated carbocycles. The summed E-state index contributed by atoms with van der Waals surface area (Å²) in [7, 11) is -6.52. The molecule has 17 heteroatoms. The van der Waals surface area contributed by atoms with E-state index in [1.54, 1.807) is 38.3 Å². The molecule has 14 nitrogen and oxygen atoms in total. The Kier molecular flexibility index (Phi) is 12.5. The van der Waals surface area contributed by atoms with Crippen molar-refractivity contribution < 1.29 is 36.0 Å². The molecular formula is C36H54N6O8S3. The van der Waals surface area contributed by atoms with E-state index in [2.05, 4.69) is 20.7 Å². The first-order chi connectivity index (χ1) is 24.4. The summed E-state index contributed by atoms with van der Waals surface area (Å²) in [6, 6.07) is 7.23. The second kappa shape index (κ2) is 15.7. The van der Waals surface area contributed by atoms with Crippen molar-refractivity contribution in [3.8, 4) is 0 Å². The normalized spacial score (nSPS) is 20.1. The molecule has 0 bridgehead atoms. The number of sulfonamides is 2. The SMILES string of the molecule is CC(C)C1CCN(C(=O)[C@@H](NC(=O)NC(CN(C)S(=O)(=O)c2cccs2)C(C)(C)C)C(C)(C)C)C1C(=O)NC1(C(=O)NS(=O)(=O)c2ccccc2)CC1. The molecule has 1 aliphatic carbocycles. The van der Waals surface area contributed by atoms with Crippen molar-refractivity contribution >= 4 is 55.1 Å². The van der Waals surface area contributed by atoms with Gasteiger partial charge < -0.3 is 20.9 Å². The lowest BCUT2D eigenvalue weighted by atomic mass is 9.84. The Morgan fingerprint density at radius 3 is 2.06 bits per heavy atom. The molecule has 1 aromatic heterocycles. The van der Waals surface area contributed by atoms with Crippen LogP contribution in [0.15, 0.2) is 56.9 Å². The molecule has 2 aliphatic rings. The molecule has 0 spiro atoms. The average Bonchev–Trinajstić information content (AvgIpc) is 3.43. The molecule has 1 aliphatic heterocycles. The Morgan fingerprint density at radius 2 is 1.55 bits per heavy atom. The van der Waals surface area contributed by atoms with Crippen LogP contribution in [0.1, 0.15) is 74.7 Å². The van der Waals surface area contributed by atoms with Gasteiger partial charge in [0.2, 0.25) is 11.8 Å². The van der Waals surface area contributed by atoms with Crippen LogP contribution in [0, 0.1) is 22.7 Å². The maximum Gasteiger partial charge on any atom is 0.315 e. The fourth-order valence-electron chi connectivity index (χ4n) is 6.42. The second-order valence-electron chi connectivity index (χ2n) is 16.5. The van der Waals surface area contributed by atoms with Crippen molar-refractivity contribution in [2.45, 2.75) is 107 Å². The number of urea groups is 1. The van der Waals surface area contributed by atoms with E-state index in [9.17, 15) is 36.0 Å². The van der Waals surface area contributed by atoms with Gasteiger partial charge in [0.1, 0.15) is 21.8 Å². The maximum absolute atomic E-state index is 14.5. The molecule has 2 heterocycles. The van der Waals surface area contributed by atoms with Gasteiger partial charge in [-0.15, -0.1) is 11.3 Å². The van der Waals surface area contributed by atoms with Crippen molar-refractivity contribution in [1.82, 2.24) is 29.9 Å². The van der Waals surface area contributed by atoms with Gasteiger partial charge >= 0.3 is 6.03 Å². The zero-order valence-electron chi connectivity index (χ0n) is 31.9. The van der Waals surface area contributed by atoms with Gasteiger partial charge in [0.15, 0.2) is 0 Å². The summed E-state index contributed by atoms with van der Waals surface area (Å²) < 4.78 is 55.6. The van der Waals surface area contributed by atoms with Crippen molar-refractivity contribution in [2.75, 3.05) is 20.1 Å². The topological polar surface area (TPSA) is 191 Å². The van der Waals surface area contributed by atoms with E-state index < -0.39 is 78.3 Å². The fourth-order valence-corrected chi connectivity index (χ4v) is 9.88. The molecule has 3 unspecified atom stereocenters. The first-order valence-corrected chi connectivity index (χ1v) is 21.5. The highest BCUT2D eigenvalue weighted by Crippen LogP contribution is 2.39. The number of nitrogens with one attached hydrogen (secondary N) is 4. The summed E-state index contributed by atoms with van der Waals surface area (Å²) in [6.45, 7) is 15.1. The van der Waals surface area contributed by atoms with Gasteiger partial charge in [0.05, 0.1) is 4.90 Å². The van der Waals surface area contributed by atoms with Crippen LogP contribution >= 0.6 is 11.3 Å². The van der Waals surface area contributed by atoms with Gasteiger partial charge in [-0.1, -0.05) is 79.7 Å². The summed E-state index contributed by atoms with van der Waals surface area (Å²) in [5.74, 6) is -2.20. The summed E-state index contributed by atoms with van der Waals surface area (Å²) in [5, 5.41) is 10.2. The highest BCUT2D eigenvalue weighted by atomic mass is 32.2. The first kappa shape index (κ1) is 42.2. The highest BCUT2D eigenvalue weighted by Gasteiger charge is 2.55. The van der Waals surface area contributed by atoms with Crippen molar-refractivity contribution in [3.05, 3.63) is 47.8 Å². The maximum atomic E-state index is 14.5. The number of nitrogens with zero attached hydrogens (tertiary/aromatic N) is 2. The third-order valence-electron chi connectivity index (χ3n) is 10.0. The quantitative estimate of drug-likeness (QED) is 0.237. The van der Waals surface area contributed by atoms with Crippen LogP contribution in [-0.4, -0.2) is 93.6 Å². The van der Waals surface area contributed by atoms with Gasteiger partial charge in [-0.2, -0.15) is 4.31 Å². The van der Waals surface area contributed by atoms with Crippen LogP contribution in [0.3, 0.4) is 0 Å². The number of hydrogen-bond acceptors (Lipinski definition) is 9. The van der Waals surface area contributed by atoms with Crippen molar-refractivity contribution in [1.29, 1.82) is 0 Å². The minimum atomic E-state index is -4.18. The molecule has 2 aromatic rings. The van der Waals surface area contributed by atoms with E-state index in [1.165, 1.54) is 46.6 Å². The molecule has 1 aromatic carbocycles. The minimum Gasteiger partial charge on any atom is -0.340 e. The zero-order chi connectivity index (χ0) is 39.7. The molecule has 0 radical (unpaired) electrons. The molecule has 1 saturated heterocycles. The second-order valence-corrected chi connectivity index (χ2v) is 21.4. The summed E-state index contributed by atoms with van der Waals surface area (Å²) in [4.78, 5) is 56.9. The molecule has 5 amide bonds. The van der Waals surface area contributed by atoms with Crippen molar-refractivity contribution in [3.63, 3.8) is 0 Å². The van der Waals surface area contributed by atoms with E-state index in [-0.39, 0.29) is 46.9 Å². The number of amides is 5. The van der Waals surface area contributed by atoms with Gasteiger partial charge in [-0.3, -0.25) is 14.4 Å². The van der Waals surface area contributed by atoms with Crippen LogP contribution in [0.25, 0.3) is 0 Å². The lowest BCUT2D eigenvalue weighted by molar-refractivity contribution is -0.143. The smallest absolute Gasteiger partial charge is 0.315 e. The van der Waals surface area contributed by atoms with Crippen LogP contribution in [0.4, 0.5) is 4.79 Å². The molecule has 2 fully saturated rings. The predicted octanol–water partition coefficient (Wildman–Crippen LogP) is 3.52. The lowest BCUT2D eigenvalue weighted by Gasteiger charge is -2.38. The van der Waals surface area contributed by atoms with E-state index >= 15 is 0 Å². The summed E-state index contributed by atoms with van der Waals surface area (Å²) in [5.41, 5.74) is -2.83. The summed E-state index contributed by atoms with van der Waals surface area (Å²) >= 11 is 1.10. The van der Waals surface area contributed by atoms with Crippen LogP contribution in [-0.2, 0) is 34.4 Å². The van der Waals surface area contributed by atoms with Crippen LogP contribution in [0.5, 0.6) is 0 Å². The standard InChI is InChI=1S/C36H54N6O8S3/c1-23(2)25-17-20-42(28(25)30(43)39-36(18-19-36)32(45)40-52(47,48)24-14-11-10-12-15-24)31(44)29(35(6,7)8)38-33(46)37-26(34(3,4)5)22-41(9)53(49,50)27-16-13-21-51-27/h10-16,21,23,25-26,28-29H,17-20,22H2,1-9H3,(H,39,43)(H,40,45)(H2,37,38,46)/t25?,26?,28?,29-/m1/s1. The molecule has 4 rings (SSSR count). The molecule has 4 N–H and O–H groups in total. The number of benzene rings is 1. The number of rotatable bonds is 13.